The number of aliphatic hydroxyl groups excluding tert-OH is 1. The Balaban J connectivity index is 0.000000126. The molecule has 12 aromatic rings. The molecule has 12 heterocycles. The molecule has 0 spiro atoms. The van der Waals surface area contributed by atoms with Crippen LogP contribution in [0.2, 0.25) is 0 Å². The molecule has 0 bridgehead atoms. The van der Waals surface area contributed by atoms with Crippen molar-refractivity contribution < 1.29 is 19.5 Å². The van der Waals surface area contributed by atoms with Crippen LogP contribution < -0.4 is 16.0 Å². The molecule has 0 radical (unpaired) electrons. The smallest absolute Gasteiger partial charge is 0.251 e. The van der Waals surface area contributed by atoms with Crippen LogP contribution in [0.3, 0.4) is 0 Å². The molecule has 3 saturated carbocycles. The minimum absolute atomic E-state index is 0.155. The van der Waals surface area contributed by atoms with Gasteiger partial charge in [-0.15, -0.1) is 0 Å². The van der Waals surface area contributed by atoms with Crippen molar-refractivity contribution in [1.82, 2.24) is 83.1 Å². The number of nitrogens with zero attached hydrogens (tertiary/aromatic N) is 17. The zero-order valence-electron chi connectivity index (χ0n) is 65.4. The third-order valence-corrected chi connectivity index (χ3v) is 24.0. The average molecular weight is 1490 g/mol. The van der Waals surface area contributed by atoms with E-state index in [4.69, 9.17) is 29.9 Å². The molecule has 3 fully saturated rings. The maximum absolute atomic E-state index is 12.6. The fourth-order valence-corrected chi connectivity index (χ4v) is 17.6. The van der Waals surface area contributed by atoms with Crippen molar-refractivity contribution in [1.29, 1.82) is 0 Å². The van der Waals surface area contributed by atoms with Gasteiger partial charge in [-0.05, 0) is 183 Å². The van der Waals surface area contributed by atoms with E-state index in [-0.39, 0.29) is 17.7 Å². The van der Waals surface area contributed by atoms with Crippen LogP contribution in [0.5, 0.6) is 0 Å². The number of nitrogens with one attached hydrogen (secondary N) is 3. The van der Waals surface area contributed by atoms with Gasteiger partial charge in [0.2, 0.25) is 29.7 Å². The second-order valence-electron chi connectivity index (χ2n) is 32.4. The number of aromatic nitrogens is 12. The van der Waals surface area contributed by atoms with E-state index in [2.05, 4.69) is 157 Å². The Morgan fingerprint density at radius 3 is 1.09 bits per heavy atom. The highest BCUT2D eigenvalue weighted by Crippen LogP contribution is 2.43. The number of fused-ring (bicyclic) bond motifs is 12. The van der Waals surface area contributed by atoms with Crippen molar-refractivity contribution in [3.8, 4) is 0 Å². The summed E-state index contributed by atoms with van der Waals surface area (Å²) in [5.74, 6) is 6.29. The van der Waals surface area contributed by atoms with Crippen LogP contribution in [0.15, 0.2) is 128 Å². The number of carbonyl (C=O) groups excluding carboxylic acids is 3. The Morgan fingerprint density at radius 1 is 0.432 bits per heavy atom. The first-order valence-electron chi connectivity index (χ1n) is 40.3. The Bertz CT molecular complexity index is 5410. The van der Waals surface area contributed by atoms with Crippen molar-refractivity contribution in [2.75, 3.05) is 76.4 Å². The lowest BCUT2D eigenvalue weighted by Crippen LogP contribution is -2.41. The number of pyridine rings is 3. The number of benzene rings is 3. The minimum atomic E-state index is -0.986. The fourth-order valence-electron chi connectivity index (χ4n) is 17.6. The second kappa shape index (κ2) is 32.4. The van der Waals surface area contributed by atoms with Gasteiger partial charge in [0.05, 0.1) is 29.6 Å². The van der Waals surface area contributed by atoms with Crippen molar-refractivity contribution in [2.45, 2.75) is 175 Å². The molecular weight excluding hydrogens is 1390 g/mol. The maximum Gasteiger partial charge on any atom is 0.251 e. The Morgan fingerprint density at radius 2 is 0.757 bits per heavy atom. The number of para-hydroxylation sites is 3. The third kappa shape index (κ3) is 15.9. The van der Waals surface area contributed by atoms with Gasteiger partial charge in [-0.1, -0.05) is 100 Å². The van der Waals surface area contributed by atoms with Crippen molar-refractivity contribution in [3.63, 3.8) is 0 Å². The maximum atomic E-state index is 12.6. The number of hydrogen-bond donors (Lipinski definition) is 4. The molecule has 1 atom stereocenters. The lowest BCUT2D eigenvalue weighted by atomic mass is 9.87. The molecule has 6 aliphatic rings. The highest BCUT2D eigenvalue weighted by atomic mass is 16.3. The van der Waals surface area contributed by atoms with Crippen LogP contribution in [0, 0.1) is 17.8 Å². The highest BCUT2D eigenvalue weighted by Gasteiger charge is 2.31. The minimum Gasteiger partial charge on any atom is -0.384 e. The van der Waals surface area contributed by atoms with Crippen LogP contribution in [0.1, 0.15) is 164 Å². The number of hydrogen-bond acceptors (Lipinski definition) is 18. The molecule has 4 N–H and O–H groups in total. The number of aliphatic hydroxyl groups is 1. The predicted octanol–water partition coefficient (Wildman–Crippen LogP) is 15.0. The van der Waals surface area contributed by atoms with Crippen LogP contribution >= 0.6 is 0 Å². The Labute approximate surface area is 648 Å². The Kier molecular flexibility index (Phi) is 21.8. The van der Waals surface area contributed by atoms with Gasteiger partial charge in [-0.25, -0.2) is 29.9 Å². The molecular formula is C87H104N20O4. The molecule has 576 valence electrons. The lowest BCUT2D eigenvalue weighted by molar-refractivity contribution is -0.140. The van der Waals surface area contributed by atoms with E-state index in [1.807, 2.05) is 83.6 Å². The fraction of sp³-hybridized carbons (Fsp3) is 0.448. The first-order valence-corrected chi connectivity index (χ1v) is 40.3. The van der Waals surface area contributed by atoms with Gasteiger partial charge in [-0.2, -0.15) is 15.0 Å². The van der Waals surface area contributed by atoms with E-state index in [1.165, 1.54) is 117 Å². The van der Waals surface area contributed by atoms with E-state index in [9.17, 15) is 19.5 Å². The van der Waals surface area contributed by atoms with E-state index in [0.717, 1.165) is 116 Å². The van der Waals surface area contributed by atoms with E-state index >= 15 is 0 Å². The van der Waals surface area contributed by atoms with Crippen LogP contribution in [0.4, 0.5) is 35.3 Å². The zero-order valence-corrected chi connectivity index (χ0v) is 65.4. The van der Waals surface area contributed by atoms with Gasteiger partial charge < -0.3 is 54.4 Å². The second-order valence-corrected chi connectivity index (χ2v) is 32.4. The van der Waals surface area contributed by atoms with Gasteiger partial charge in [0.1, 0.15) is 40.5 Å². The van der Waals surface area contributed by atoms with Crippen molar-refractivity contribution in [3.05, 3.63) is 162 Å². The van der Waals surface area contributed by atoms with Crippen molar-refractivity contribution in [2.24, 2.45) is 17.8 Å². The Hall–Kier alpha value is -10.6. The van der Waals surface area contributed by atoms with Crippen LogP contribution in [-0.4, -0.2) is 172 Å². The summed E-state index contributed by atoms with van der Waals surface area (Å²) in [6.45, 7) is 16.0. The van der Waals surface area contributed by atoms with Gasteiger partial charge in [0.25, 0.3) is 5.91 Å². The van der Waals surface area contributed by atoms with E-state index in [1.54, 1.807) is 4.90 Å². The van der Waals surface area contributed by atoms with Crippen molar-refractivity contribution >= 4 is 119 Å². The first kappa shape index (κ1) is 74.5. The number of anilines is 6. The summed E-state index contributed by atoms with van der Waals surface area (Å²) in [4.78, 5) is 90.3. The van der Waals surface area contributed by atoms with Gasteiger partial charge in [0.15, 0.2) is 0 Å². The molecule has 3 aromatic carbocycles. The van der Waals surface area contributed by atoms with Gasteiger partial charge in [-0.3, -0.25) is 19.3 Å². The standard InChI is InChI=1S/C30H37N7O.C29H35N7O.C28H32N6O2/c1-4-35(3)19-28(38)36-16-15-25-21(18-36)11-14-27(32-25)33-30-31-17-24-23-7-5-6-8-26(23)37(29(24)34-30)22-12-9-20(2)10-13-22;1-19-8-11-21(12-9-19)36-25-7-5-4-6-22(25)23-16-30-29(33-28(23)36)32-26-13-10-20-17-35(15-14-24(20)31-26)27(37)18-34(2)3;1-17-7-10-20(11-8-17)34-24-6-4-3-5-21(24)22-15-29-28(32-26(22)34)31-25-12-9-19-16-33(27(36)18(2)35)14-13-23(19)30-25/h5-8,11,14,17,20,22H,4,9-10,12-13,15-16,18-19H2,1-3H3,(H,31,32,33,34);4-7,10,13,16,19,21H,8-9,11-12,14-15,17-18H2,1-3H3,(H,30,31,32,33);3-6,9,12,15,17-18,20,35H,7-8,10-11,13-14,16H2,1-2H3,(H,29,30,31,32)/t;;17?,18-,20?/m..1/s1. The number of amides is 3. The number of likely N-dealkylation sites (N-methyl/N-ethyl adjacent to an activating group) is 2. The molecule has 3 amide bonds. The molecule has 0 unspecified atom stereocenters. The third-order valence-electron chi connectivity index (χ3n) is 24.0. The summed E-state index contributed by atoms with van der Waals surface area (Å²) in [6.07, 6.45) is 21.6. The monoisotopic (exact) mass is 1490 g/mol. The molecule has 3 aliphatic heterocycles. The largest absolute Gasteiger partial charge is 0.384 e. The average Bonchev–Trinajstić information content (AvgIpc) is 1.60. The lowest BCUT2D eigenvalue weighted by Gasteiger charge is -2.30. The summed E-state index contributed by atoms with van der Waals surface area (Å²) in [5.41, 5.74) is 12.9. The highest BCUT2D eigenvalue weighted by molar-refractivity contribution is 6.08. The number of rotatable bonds is 15. The first-order chi connectivity index (χ1) is 53.9. The predicted molar refractivity (Wildman–Crippen MR) is 438 cm³/mol. The normalized spacial score (nSPS) is 20.2. The van der Waals surface area contributed by atoms with Gasteiger partial charge in [0, 0.05) is 145 Å². The number of carbonyl (C=O) groups is 3. The molecule has 111 heavy (non-hydrogen) atoms. The quantitative estimate of drug-likeness (QED) is 0.0744. The topological polar surface area (TPSA) is 255 Å². The summed E-state index contributed by atoms with van der Waals surface area (Å²) in [5, 5.41) is 26.6. The molecule has 18 rings (SSSR count). The molecule has 0 saturated heterocycles. The summed E-state index contributed by atoms with van der Waals surface area (Å²) >= 11 is 0. The summed E-state index contributed by atoms with van der Waals surface area (Å²) < 4.78 is 7.33. The SMILES string of the molecule is CC1CCC(n2c3ccccc3c3cnc(Nc4ccc5c(n4)CCN(C(=O)CN(C)C)C5)nc32)CC1.CC1CCC(n2c3ccccc3c3cnc(Nc4ccc5c(n4)CCN(C(=O)[C@@H](C)O)C5)nc32)CC1.CCN(C)CC(=O)N1CCc2nc(Nc3ncc4c5ccccc5n(C5CCC(C)CC5)c4n3)ccc2C1. The van der Waals surface area contributed by atoms with E-state index < -0.39 is 6.10 Å². The zero-order chi connectivity index (χ0) is 76.6. The molecule has 3 aliphatic carbocycles. The summed E-state index contributed by atoms with van der Waals surface area (Å²) in [7, 11) is 5.82. The van der Waals surface area contributed by atoms with Crippen LogP contribution in [0.25, 0.3) is 65.8 Å². The van der Waals surface area contributed by atoms with E-state index in [0.29, 0.717) is 101 Å². The molecule has 9 aromatic heterocycles. The molecule has 24 nitrogen and oxygen atoms in total. The van der Waals surface area contributed by atoms with Crippen LogP contribution in [-0.2, 0) is 53.3 Å². The summed E-state index contributed by atoms with van der Waals surface area (Å²) in [6, 6.07) is 39.0. The van der Waals surface area contributed by atoms with Gasteiger partial charge >= 0.3 is 0 Å². The molecule has 24 heteroatoms.